The number of aliphatic carboxylic acids is 1. The summed E-state index contributed by atoms with van der Waals surface area (Å²) in [6.45, 7) is 2.53. The average molecular weight is 946 g/mol. The van der Waals surface area contributed by atoms with Crippen LogP contribution in [-0.4, -0.2) is 64.9 Å². The molecule has 0 rings (SSSR count). The number of amides is 1. The lowest BCUT2D eigenvalue weighted by Gasteiger charge is -2.18. The number of aliphatic hydroxyl groups is 1. The summed E-state index contributed by atoms with van der Waals surface area (Å²) >= 11 is 0. The molecule has 0 radical (unpaired) electrons. The molecule has 3 unspecified atom stereocenters. The van der Waals surface area contributed by atoms with Gasteiger partial charge in [-0.1, -0.05) is 182 Å². The number of aliphatic hydroxyl groups excluding tert-OH is 1. The summed E-state index contributed by atoms with van der Waals surface area (Å²) in [5, 5.41) is 21.9. The van der Waals surface area contributed by atoms with Gasteiger partial charge in [-0.25, -0.2) is 9.36 Å². The second-order valence-electron chi connectivity index (χ2n) is 17.0. The topological polar surface area (TPSA) is 169 Å². The number of carboxylic acid groups (broad SMARTS) is 1. The lowest BCUT2D eigenvalue weighted by atomic mass is 10.1. The minimum Gasteiger partial charge on any atom is -0.480 e. The number of hydrogen-bond donors (Lipinski definition) is 4. The van der Waals surface area contributed by atoms with Crippen LogP contribution >= 0.6 is 7.82 Å². The monoisotopic (exact) mass is 946 g/mol. The summed E-state index contributed by atoms with van der Waals surface area (Å²) < 4.78 is 26.9. The maximum Gasteiger partial charge on any atom is 0.472 e. The van der Waals surface area contributed by atoms with Crippen molar-refractivity contribution < 1.29 is 47.8 Å². The highest BCUT2D eigenvalue weighted by atomic mass is 31.2. The molecule has 12 heteroatoms. The van der Waals surface area contributed by atoms with Crippen molar-refractivity contribution in [1.29, 1.82) is 0 Å². The van der Waals surface area contributed by atoms with Gasteiger partial charge in [0.2, 0.25) is 5.91 Å². The van der Waals surface area contributed by atoms with Gasteiger partial charge in [-0.05, 0) is 96.3 Å². The fraction of sp³-hybridized carbons (Fsp3) is 0.685. The summed E-state index contributed by atoms with van der Waals surface area (Å²) in [7, 11) is -4.78. The van der Waals surface area contributed by atoms with E-state index in [0.29, 0.717) is 12.8 Å². The van der Waals surface area contributed by atoms with Crippen LogP contribution in [-0.2, 0) is 32.7 Å². The molecule has 3 atom stereocenters. The quantitative estimate of drug-likeness (QED) is 0.0199. The van der Waals surface area contributed by atoms with E-state index in [1.54, 1.807) is 0 Å². The van der Waals surface area contributed by atoms with Gasteiger partial charge in [0.25, 0.3) is 0 Å². The second kappa shape index (κ2) is 48.1. The number of unbranched alkanes of at least 4 members (excludes halogenated alkanes) is 19. The van der Waals surface area contributed by atoms with Crippen LogP contribution in [0.25, 0.3) is 0 Å². The predicted octanol–water partition coefficient (Wildman–Crippen LogP) is 14.2. The van der Waals surface area contributed by atoms with E-state index in [9.17, 15) is 34.1 Å². The molecule has 0 aliphatic rings. The first-order valence-corrected chi connectivity index (χ1v) is 27.1. The van der Waals surface area contributed by atoms with Crippen molar-refractivity contribution in [3.05, 3.63) is 85.1 Å². The molecule has 0 aromatic carbocycles. The van der Waals surface area contributed by atoms with Crippen LogP contribution in [0, 0.1) is 0 Å². The van der Waals surface area contributed by atoms with Gasteiger partial charge in [-0.15, -0.1) is 0 Å². The molecule has 66 heavy (non-hydrogen) atoms. The smallest absolute Gasteiger partial charge is 0.472 e. The highest BCUT2D eigenvalue weighted by molar-refractivity contribution is 7.47. The molecule has 0 aliphatic heterocycles. The van der Waals surface area contributed by atoms with E-state index in [-0.39, 0.29) is 12.8 Å². The first-order chi connectivity index (χ1) is 32.1. The molecule has 1 amide bonds. The van der Waals surface area contributed by atoms with Crippen LogP contribution in [0.5, 0.6) is 0 Å². The first kappa shape index (κ1) is 62.7. The van der Waals surface area contributed by atoms with Crippen molar-refractivity contribution in [2.45, 2.75) is 219 Å². The van der Waals surface area contributed by atoms with Crippen LogP contribution < -0.4 is 5.32 Å². The minimum atomic E-state index is -4.78. The van der Waals surface area contributed by atoms with Crippen molar-refractivity contribution in [1.82, 2.24) is 5.32 Å². The van der Waals surface area contributed by atoms with Gasteiger partial charge in [0, 0.05) is 12.8 Å². The van der Waals surface area contributed by atoms with Gasteiger partial charge in [-0.3, -0.25) is 18.6 Å². The zero-order valence-electron chi connectivity index (χ0n) is 41.2. The zero-order valence-corrected chi connectivity index (χ0v) is 42.1. The minimum absolute atomic E-state index is 0.120. The number of phosphoric ester groups is 1. The van der Waals surface area contributed by atoms with Gasteiger partial charge in [0.05, 0.1) is 13.2 Å². The van der Waals surface area contributed by atoms with E-state index >= 15 is 0 Å². The van der Waals surface area contributed by atoms with Gasteiger partial charge < -0.3 is 25.2 Å². The molecular weight excluding hydrogens is 854 g/mol. The average Bonchev–Trinajstić information content (AvgIpc) is 3.29. The van der Waals surface area contributed by atoms with Crippen LogP contribution in [0.4, 0.5) is 0 Å². The number of allylic oxidation sites excluding steroid dienone is 14. The number of carbonyl (C=O) groups is 3. The number of hydrogen-bond acceptors (Lipinski definition) is 8. The third-order valence-electron chi connectivity index (χ3n) is 10.7. The number of carboxylic acids is 1. The molecule has 0 heterocycles. The lowest BCUT2D eigenvalue weighted by molar-refractivity contribution is -0.147. The second-order valence-corrected chi connectivity index (χ2v) is 18.5. The maximum absolute atomic E-state index is 12.4. The number of rotatable bonds is 47. The molecule has 0 aromatic heterocycles. The third-order valence-corrected chi connectivity index (χ3v) is 11.6. The summed E-state index contributed by atoms with van der Waals surface area (Å²) in [4.78, 5) is 46.1. The molecule has 0 aromatic rings. The predicted molar refractivity (Wildman–Crippen MR) is 272 cm³/mol. The van der Waals surface area contributed by atoms with E-state index in [4.69, 9.17) is 13.8 Å². The van der Waals surface area contributed by atoms with Gasteiger partial charge >= 0.3 is 19.8 Å². The van der Waals surface area contributed by atoms with Crippen molar-refractivity contribution >= 4 is 25.7 Å². The number of ether oxygens (including phenoxy) is 1. The number of carbonyl (C=O) groups excluding carboxylic acids is 2. The highest BCUT2D eigenvalue weighted by Gasteiger charge is 2.28. The SMILES string of the molecule is CCCCC/C=C\C/C=C\C/C=C\C/C=C\CCCCCCCC(=O)NC(COP(=O)(O)OCC(O)COC(=O)CCCCCCCCCC/C=C\C/C=C\C/C=C\CCCCC)C(=O)O. The van der Waals surface area contributed by atoms with E-state index in [0.717, 1.165) is 89.9 Å². The Morgan fingerprint density at radius 1 is 0.485 bits per heavy atom. The molecule has 0 saturated carbocycles. The van der Waals surface area contributed by atoms with Crippen LogP contribution in [0.3, 0.4) is 0 Å². The van der Waals surface area contributed by atoms with Crippen LogP contribution in [0.1, 0.15) is 206 Å². The Morgan fingerprint density at radius 2 is 0.833 bits per heavy atom. The van der Waals surface area contributed by atoms with Crippen molar-refractivity contribution in [3.8, 4) is 0 Å². The maximum atomic E-state index is 12.4. The standard InChI is InChI=1S/C54H92NO10P/c1-3-5-7-9-11-13-15-17-19-21-23-25-27-29-31-33-35-37-39-41-43-45-52(57)55-51(54(59)60)49-65-66(61,62)64-48-50(56)47-63-53(58)46-44-42-40-38-36-34-32-30-28-26-24-22-20-18-16-14-12-10-8-6-4-2/h11-14,17-20,23-26,29,31,50-51,56H,3-10,15-16,21-22,27-28,30,32-49H2,1-2H3,(H,55,57)(H,59,60)(H,61,62)/b13-11-,14-12-,19-17-,20-18-,25-23-,26-24-,31-29-. The van der Waals surface area contributed by atoms with Crippen molar-refractivity contribution in [2.75, 3.05) is 19.8 Å². The van der Waals surface area contributed by atoms with Crippen molar-refractivity contribution in [2.24, 2.45) is 0 Å². The summed E-state index contributed by atoms with van der Waals surface area (Å²) in [5.74, 6) is -2.41. The van der Waals surface area contributed by atoms with Gasteiger partial charge in [0.1, 0.15) is 12.7 Å². The Labute approximate surface area is 401 Å². The van der Waals surface area contributed by atoms with Crippen LogP contribution in [0.15, 0.2) is 85.1 Å². The zero-order chi connectivity index (χ0) is 48.4. The van der Waals surface area contributed by atoms with E-state index in [1.165, 1.54) is 77.0 Å². The highest BCUT2D eigenvalue weighted by Crippen LogP contribution is 2.43. The van der Waals surface area contributed by atoms with Gasteiger partial charge in [0.15, 0.2) is 6.04 Å². The largest absolute Gasteiger partial charge is 0.480 e. The molecule has 11 nitrogen and oxygen atoms in total. The molecule has 0 bridgehead atoms. The molecule has 0 aliphatic carbocycles. The first-order valence-electron chi connectivity index (χ1n) is 25.6. The fourth-order valence-corrected chi connectivity index (χ4v) is 7.43. The van der Waals surface area contributed by atoms with Crippen molar-refractivity contribution in [3.63, 3.8) is 0 Å². The number of phosphoric acid groups is 1. The Hall–Kier alpha value is -3.34. The molecule has 378 valence electrons. The molecule has 4 N–H and O–H groups in total. The summed E-state index contributed by atoms with van der Waals surface area (Å²) in [6, 6.07) is -1.56. The van der Waals surface area contributed by atoms with Gasteiger partial charge in [-0.2, -0.15) is 0 Å². The molecular formula is C54H92NO10P. The van der Waals surface area contributed by atoms with Crippen LogP contribution in [0.2, 0.25) is 0 Å². The normalized spacial score (nSPS) is 14.2. The number of esters is 1. The number of nitrogens with one attached hydrogen (secondary N) is 1. The summed E-state index contributed by atoms with van der Waals surface area (Å²) in [6.07, 6.45) is 60.2. The van der Waals surface area contributed by atoms with E-state index in [1.807, 2.05) is 0 Å². The van der Waals surface area contributed by atoms with E-state index < -0.39 is 57.6 Å². The Kier molecular flexibility index (Phi) is 45.7. The molecule has 0 saturated heterocycles. The Bertz CT molecular complexity index is 1440. The fourth-order valence-electron chi connectivity index (χ4n) is 6.66. The lowest BCUT2D eigenvalue weighted by Crippen LogP contribution is -2.43. The third kappa shape index (κ3) is 47.2. The molecule has 0 fully saturated rings. The summed E-state index contributed by atoms with van der Waals surface area (Å²) in [5.41, 5.74) is 0. The molecule has 0 spiro atoms. The Balaban J connectivity index is 3.90. The Morgan fingerprint density at radius 3 is 1.24 bits per heavy atom. The van der Waals surface area contributed by atoms with E-state index in [2.05, 4.69) is 104 Å².